The zero-order valence-electron chi connectivity index (χ0n) is 9.98. The van der Waals surface area contributed by atoms with E-state index in [1.54, 1.807) is 6.20 Å². The van der Waals surface area contributed by atoms with E-state index < -0.39 is 0 Å². The van der Waals surface area contributed by atoms with E-state index in [1.165, 1.54) is 0 Å². The summed E-state index contributed by atoms with van der Waals surface area (Å²) in [5.74, 6) is 1.16. The van der Waals surface area contributed by atoms with Crippen LogP contribution in [0.2, 0.25) is 0 Å². The van der Waals surface area contributed by atoms with E-state index >= 15 is 0 Å². The lowest BCUT2D eigenvalue weighted by molar-refractivity contribution is 0.0803. The highest BCUT2D eigenvalue weighted by Crippen LogP contribution is 2.12. The van der Waals surface area contributed by atoms with Gasteiger partial charge in [0.05, 0.1) is 6.61 Å². The second kappa shape index (κ2) is 7.19. The normalized spacial score (nSPS) is 10.8. The van der Waals surface area contributed by atoms with Crippen molar-refractivity contribution in [2.45, 2.75) is 20.4 Å². The molecule has 0 spiro atoms. The van der Waals surface area contributed by atoms with Crippen LogP contribution >= 0.6 is 0 Å². The van der Waals surface area contributed by atoms with Crippen LogP contribution in [0.5, 0.6) is 5.88 Å². The fourth-order valence-corrected chi connectivity index (χ4v) is 1.23. The van der Waals surface area contributed by atoms with E-state index in [1.807, 2.05) is 12.1 Å². The zero-order valence-corrected chi connectivity index (χ0v) is 9.98. The smallest absolute Gasteiger partial charge is 0.217 e. The van der Waals surface area contributed by atoms with Gasteiger partial charge in [-0.3, -0.25) is 0 Å². The van der Waals surface area contributed by atoms with E-state index in [9.17, 15) is 0 Å². The van der Waals surface area contributed by atoms with Crippen LogP contribution in [0.3, 0.4) is 0 Å². The maximum atomic E-state index is 5.57. The van der Waals surface area contributed by atoms with Crippen molar-refractivity contribution >= 4 is 0 Å². The fourth-order valence-electron chi connectivity index (χ4n) is 1.23. The van der Waals surface area contributed by atoms with Crippen LogP contribution in [0, 0.1) is 5.92 Å². The number of nitrogens with two attached hydrogens (primary N) is 1. The maximum absolute atomic E-state index is 5.57. The molecule has 0 aliphatic carbocycles. The van der Waals surface area contributed by atoms with E-state index in [2.05, 4.69) is 18.8 Å². The Bertz CT molecular complexity index is 303. The Kier molecular flexibility index (Phi) is 5.82. The minimum atomic E-state index is 0.441. The third-order valence-corrected chi connectivity index (χ3v) is 1.99. The first-order valence-electron chi connectivity index (χ1n) is 5.58. The molecular weight excluding hydrogens is 204 g/mol. The molecule has 0 unspecified atom stereocenters. The first kappa shape index (κ1) is 12.9. The minimum Gasteiger partial charge on any atom is -0.475 e. The summed E-state index contributed by atoms with van der Waals surface area (Å²) in [5.41, 5.74) is 6.49. The lowest BCUT2D eigenvalue weighted by Gasteiger charge is -2.10. The molecule has 0 atom stereocenters. The van der Waals surface area contributed by atoms with E-state index in [0.717, 1.165) is 12.2 Å². The van der Waals surface area contributed by atoms with E-state index in [4.69, 9.17) is 15.2 Å². The summed E-state index contributed by atoms with van der Waals surface area (Å²) in [6.07, 6.45) is 1.70. The highest BCUT2D eigenvalue weighted by Gasteiger charge is 2.02. The molecule has 1 aromatic heterocycles. The zero-order chi connectivity index (χ0) is 11.8. The van der Waals surface area contributed by atoms with Gasteiger partial charge in [-0.1, -0.05) is 19.9 Å². The monoisotopic (exact) mass is 224 g/mol. The molecule has 1 rings (SSSR count). The first-order valence-corrected chi connectivity index (χ1v) is 5.58. The molecule has 4 nitrogen and oxygen atoms in total. The Balaban J connectivity index is 2.26. The number of pyridine rings is 1. The van der Waals surface area contributed by atoms with Gasteiger partial charge in [0.1, 0.15) is 6.61 Å². The molecule has 0 saturated heterocycles. The number of rotatable bonds is 7. The molecule has 16 heavy (non-hydrogen) atoms. The summed E-state index contributed by atoms with van der Waals surface area (Å²) in [5, 5.41) is 0. The molecule has 0 radical (unpaired) electrons. The third-order valence-electron chi connectivity index (χ3n) is 1.99. The molecule has 0 aliphatic heterocycles. The topological polar surface area (TPSA) is 57.4 Å². The summed E-state index contributed by atoms with van der Waals surface area (Å²) in [6, 6.07) is 3.77. The van der Waals surface area contributed by atoms with Crippen LogP contribution in [-0.2, 0) is 11.3 Å². The second-order valence-corrected chi connectivity index (χ2v) is 3.99. The van der Waals surface area contributed by atoms with Crippen molar-refractivity contribution < 1.29 is 9.47 Å². The van der Waals surface area contributed by atoms with E-state index in [-0.39, 0.29) is 0 Å². The van der Waals surface area contributed by atoms with Gasteiger partial charge in [0.15, 0.2) is 0 Å². The van der Waals surface area contributed by atoms with Crippen molar-refractivity contribution in [1.82, 2.24) is 4.98 Å². The Labute approximate surface area is 96.8 Å². The molecule has 0 bridgehead atoms. The Hall–Kier alpha value is -1.13. The maximum Gasteiger partial charge on any atom is 0.217 e. The predicted molar refractivity (Wildman–Crippen MR) is 63.3 cm³/mol. The van der Waals surface area contributed by atoms with Gasteiger partial charge < -0.3 is 15.2 Å². The van der Waals surface area contributed by atoms with Crippen LogP contribution in [-0.4, -0.2) is 24.8 Å². The number of nitrogens with zero attached hydrogens (tertiary/aromatic N) is 1. The number of ether oxygens (including phenoxy) is 2. The van der Waals surface area contributed by atoms with Crippen molar-refractivity contribution in [2.24, 2.45) is 11.7 Å². The van der Waals surface area contributed by atoms with Gasteiger partial charge in [0.2, 0.25) is 5.88 Å². The van der Waals surface area contributed by atoms with Crippen molar-refractivity contribution in [3.63, 3.8) is 0 Å². The standard InChI is InChI=1S/C12H20N2O2/c1-10(2)9-15-6-7-16-12-11(8-13)4-3-5-14-12/h3-5,10H,6-9,13H2,1-2H3. The summed E-state index contributed by atoms with van der Waals surface area (Å²) in [4.78, 5) is 4.12. The molecule has 0 fully saturated rings. The fraction of sp³-hybridized carbons (Fsp3) is 0.583. The molecule has 90 valence electrons. The molecule has 0 saturated carbocycles. The Morgan fingerprint density at radius 1 is 1.38 bits per heavy atom. The largest absolute Gasteiger partial charge is 0.475 e. The Morgan fingerprint density at radius 2 is 2.19 bits per heavy atom. The van der Waals surface area contributed by atoms with Crippen LogP contribution < -0.4 is 10.5 Å². The highest BCUT2D eigenvalue weighted by atomic mass is 16.5. The number of aromatic nitrogens is 1. The average Bonchev–Trinajstić information content (AvgIpc) is 2.29. The average molecular weight is 224 g/mol. The predicted octanol–water partition coefficient (Wildman–Crippen LogP) is 1.59. The minimum absolute atomic E-state index is 0.441. The third kappa shape index (κ3) is 4.59. The number of hydrogen-bond donors (Lipinski definition) is 1. The summed E-state index contributed by atoms with van der Waals surface area (Å²) < 4.78 is 10.9. The van der Waals surface area contributed by atoms with E-state index in [0.29, 0.717) is 31.6 Å². The number of hydrogen-bond acceptors (Lipinski definition) is 4. The van der Waals surface area contributed by atoms with Gasteiger partial charge >= 0.3 is 0 Å². The molecular formula is C12H20N2O2. The lowest BCUT2D eigenvalue weighted by atomic mass is 10.2. The first-order chi connectivity index (χ1) is 7.74. The Morgan fingerprint density at radius 3 is 2.88 bits per heavy atom. The molecule has 0 aliphatic rings. The molecule has 1 heterocycles. The van der Waals surface area contributed by atoms with Crippen LogP contribution in [0.1, 0.15) is 19.4 Å². The highest BCUT2D eigenvalue weighted by molar-refractivity contribution is 5.24. The van der Waals surface area contributed by atoms with Crippen LogP contribution in [0.25, 0.3) is 0 Å². The molecule has 0 aromatic carbocycles. The molecule has 1 aromatic rings. The molecule has 0 amide bonds. The van der Waals surface area contributed by atoms with Gasteiger partial charge in [-0.2, -0.15) is 0 Å². The van der Waals surface area contributed by atoms with Crippen molar-refractivity contribution in [3.8, 4) is 5.88 Å². The van der Waals surface area contributed by atoms with Gasteiger partial charge in [0, 0.05) is 24.9 Å². The van der Waals surface area contributed by atoms with Gasteiger partial charge in [0.25, 0.3) is 0 Å². The van der Waals surface area contributed by atoms with Crippen LogP contribution in [0.15, 0.2) is 18.3 Å². The lowest BCUT2D eigenvalue weighted by Crippen LogP contribution is -2.12. The second-order valence-electron chi connectivity index (χ2n) is 3.99. The summed E-state index contributed by atoms with van der Waals surface area (Å²) in [7, 11) is 0. The molecule has 4 heteroatoms. The van der Waals surface area contributed by atoms with Crippen molar-refractivity contribution in [2.75, 3.05) is 19.8 Å². The van der Waals surface area contributed by atoms with Crippen LogP contribution in [0.4, 0.5) is 0 Å². The molecule has 2 N–H and O–H groups in total. The van der Waals surface area contributed by atoms with Crippen molar-refractivity contribution in [1.29, 1.82) is 0 Å². The van der Waals surface area contributed by atoms with Gasteiger partial charge in [-0.25, -0.2) is 4.98 Å². The quantitative estimate of drug-likeness (QED) is 0.715. The van der Waals surface area contributed by atoms with Gasteiger partial charge in [-0.05, 0) is 12.0 Å². The summed E-state index contributed by atoms with van der Waals surface area (Å²) in [6.45, 7) is 6.53. The summed E-state index contributed by atoms with van der Waals surface area (Å²) >= 11 is 0. The SMILES string of the molecule is CC(C)COCCOc1ncccc1CN. The van der Waals surface area contributed by atoms with Crippen molar-refractivity contribution in [3.05, 3.63) is 23.9 Å². The van der Waals surface area contributed by atoms with Gasteiger partial charge in [-0.15, -0.1) is 0 Å².